The predicted octanol–water partition coefficient (Wildman–Crippen LogP) is 3.76. The summed E-state index contributed by atoms with van der Waals surface area (Å²) in [5, 5.41) is -0.486. The second-order valence-electron chi connectivity index (χ2n) is 5.85. The summed E-state index contributed by atoms with van der Waals surface area (Å²) in [7, 11) is 0. The quantitative estimate of drug-likeness (QED) is 0.560. The monoisotopic (exact) mass is 246 g/mol. The summed E-state index contributed by atoms with van der Waals surface area (Å²) in [4.78, 5) is 11.6. The summed E-state index contributed by atoms with van der Waals surface area (Å²) in [5.74, 6) is 0.371. The van der Waals surface area contributed by atoms with Crippen LogP contribution in [0.2, 0.25) is 0 Å². The molecule has 1 aliphatic carbocycles. The summed E-state index contributed by atoms with van der Waals surface area (Å²) >= 11 is 5.87. The van der Waals surface area contributed by atoms with E-state index in [0.717, 1.165) is 12.8 Å². The highest BCUT2D eigenvalue weighted by molar-refractivity contribution is 6.29. The minimum Gasteiger partial charge on any atom is -0.461 e. The highest BCUT2D eigenvalue weighted by Crippen LogP contribution is 2.39. The average Bonchev–Trinajstić information content (AvgIpc) is 2.12. The Morgan fingerprint density at radius 1 is 1.50 bits per heavy atom. The van der Waals surface area contributed by atoms with E-state index >= 15 is 0 Å². The van der Waals surface area contributed by atoms with Crippen molar-refractivity contribution in [1.82, 2.24) is 0 Å². The standard InChI is InChI=1S/C13H23ClO2/c1-5-11(14)12(15)16-10-6-9(2)7-13(3,4)8-10/h9-11H,5-8H2,1-4H3/t9-,10+,11?/m0/s1. The SMILES string of the molecule is CCC(Cl)C(=O)O[C@@H]1C[C@H](C)CC(C)(C)C1. The molecule has 0 N–H and O–H groups in total. The maximum Gasteiger partial charge on any atom is 0.324 e. The van der Waals surface area contributed by atoms with Gasteiger partial charge in [-0.1, -0.05) is 27.7 Å². The Hall–Kier alpha value is -0.240. The number of esters is 1. The Bertz CT molecular complexity index is 250. The number of carbonyl (C=O) groups excluding carboxylic acids is 1. The summed E-state index contributed by atoms with van der Waals surface area (Å²) in [6, 6.07) is 0. The Morgan fingerprint density at radius 3 is 2.62 bits per heavy atom. The molecule has 0 heterocycles. The molecule has 3 atom stereocenters. The van der Waals surface area contributed by atoms with E-state index in [4.69, 9.17) is 16.3 Å². The minimum absolute atomic E-state index is 0.0547. The van der Waals surface area contributed by atoms with Crippen LogP contribution in [0.5, 0.6) is 0 Å². The molecular weight excluding hydrogens is 224 g/mol. The van der Waals surface area contributed by atoms with Gasteiger partial charge in [-0.2, -0.15) is 0 Å². The van der Waals surface area contributed by atoms with E-state index in [1.165, 1.54) is 6.42 Å². The molecule has 94 valence electrons. The van der Waals surface area contributed by atoms with E-state index in [-0.39, 0.29) is 17.5 Å². The van der Waals surface area contributed by atoms with E-state index in [1.807, 2.05) is 6.92 Å². The van der Waals surface area contributed by atoms with Crippen molar-refractivity contribution in [2.24, 2.45) is 11.3 Å². The van der Waals surface area contributed by atoms with Crippen LogP contribution in [0.25, 0.3) is 0 Å². The van der Waals surface area contributed by atoms with Crippen LogP contribution in [0.4, 0.5) is 0 Å². The highest BCUT2D eigenvalue weighted by atomic mass is 35.5. The molecule has 0 amide bonds. The first kappa shape index (κ1) is 13.8. The lowest BCUT2D eigenvalue weighted by Gasteiger charge is -2.38. The molecule has 1 fully saturated rings. The van der Waals surface area contributed by atoms with Gasteiger partial charge in [0.05, 0.1) is 0 Å². The van der Waals surface area contributed by atoms with Gasteiger partial charge >= 0.3 is 5.97 Å². The fraction of sp³-hybridized carbons (Fsp3) is 0.923. The van der Waals surface area contributed by atoms with Crippen molar-refractivity contribution in [3.8, 4) is 0 Å². The molecule has 0 aromatic rings. The van der Waals surface area contributed by atoms with Gasteiger partial charge in [0.2, 0.25) is 0 Å². The third kappa shape index (κ3) is 3.97. The summed E-state index contributed by atoms with van der Waals surface area (Å²) in [6.45, 7) is 8.59. The van der Waals surface area contributed by atoms with Crippen LogP contribution in [-0.4, -0.2) is 17.5 Å². The maximum absolute atomic E-state index is 11.6. The van der Waals surface area contributed by atoms with Crippen LogP contribution in [0.15, 0.2) is 0 Å². The van der Waals surface area contributed by atoms with Crippen molar-refractivity contribution in [2.75, 3.05) is 0 Å². The fourth-order valence-corrected chi connectivity index (χ4v) is 2.80. The molecule has 16 heavy (non-hydrogen) atoms. The lowest BCUT2D eigenvalue weighted by Crippen LogP contribution is -2.35. The number of ether oxygens (including phenoxy) is 1. The first-order valence-electron chi connectivity index (χ1n) is 6.18. The Kier molecular flexibility index (Phi) is 4.66. The molecule has 0 bridgehead atoms. The Morgan fingerprint density at radius 2 is 2.12 bits per heavy atom. The molecule has 2 nitrogen and oxygen atoms in total. The first-order chi connectivity index (χ1) is 7.34. The predicted molar refractivity (Wildman–Crippen MR) is 66.6 cm³/mol. The number of hydrogen-bond donors (Lipinski definition) is 0. The van der Waals surface area contributed by atoms with Crippen LogP contribution in [0, 0.1) is 11.3 Å². The average molecular weight is 247 g/mol. The molecule has 0 aromatic heterocycles. The summed E-state index contributed by atoms with van der Waals surface area (Å²) in [6.07, 6.45) is 3.82. The highest BCUT2D eigenvalue weighted by Gasteiger charge is 2.34. The fourth-order valence-electron chi connectivity index (χ4n) is 2.75. The molecule has 1 unspecified atom stereocenters. The largest absolute Gasteiger partial charge is 0.461 e. The van der Waals surface area contributed by atoms with Gasteiger partial charge in [0, 0.05) is 0 Å². The number of rotatable bonds is 3. The molecule has 0 aliphatic heterocycles. The zero-order chi connectivity index (χ0) is 12.3. The second kappa shape index (κ2) is 5.39. The van der Waals surface area contributed by atoms with E-state index in [2.05, 4.69) is 20.8 Å². The van der Waals surface area contributed by atoms with Gasteiger partial charge in [0.1, 0.15) is 11.5 Å². The molecular formula is C13H23ClO2. The minimum atomic E-state index is -0.486. The van der Waals surface area contributed by atoms with Gasteiger partial charge in [-0.05, 0) is 37.0 Å². The normalized spacial score (nSPS) is 30.8. The van der Waals surface area contributed by atoms with Gasteiger partial charge in [-0.25, -0.2) is 0 Å². The van der Waals surface area contributed by atoms with Crippen LogP contribution < -0.4 is 0 Å². The number of hydrogen-bond acceptors (Lipinski definition) is 2. The molecule has 0 saturated heterocycles. The Balaban J connectivity index is 2.51. The van der Waals surface area contributed by atoms with Crippen molar-refractivity contribution in [2.45, 2.75) is 64.9 Å². The lowest BCUT2D eigenvalue weighted by atomic mass is 9.71. The molecule has 0 radical (unpaired) electrons. The summed E-state index contributed by atoms with van der Waals surface area (Å²) in [5.41, 5.74) is 0.274. The third-order valence-corrected chi connectivity index (χ3v) is 3.73. The third-order valence-electron chi connectivity index (χ3n) is 3.24. The van der Waals surface area contributed by atoms with E-state index in [1.54, 1.807) is 0 Å². The zero-order valence-electron chi connectivity index (χ0n) is 10.8. The van der Waals surface area contributed by atoms with Gasteiger partial charge in [0.15, 0.2) is 0 Å². The molecule has 1 aliphatic rings. The number of halogens is 1. The zero-order valence-corrected chi connectivity index (χ0v) is 11.5. The van der Waals surface area contributed by atoms with Crippen LogP contribution >= 0.6 is 11.6 Å². The topological polar surface area (TPSA) is 26.3 Å². The van der Waals surface area contributed by atoms with Crippen molar-refractivity contribution >= 4 is 17.6 Å². The van der Waals surface area contributed by atoms with Crippen LogP contribution in [0.1, 0.15) is 53.4 Å². The first-order valence-corrected chi connectivity index (χ1v) is 6.62. The van der Waals surface area contributed by atoms with Crippen molar-refractivity contribution in [3.63, 3.8) is 0 Å². The van der Waals surface area contributed by atoms with Gasteiger partial charge in [-0.3, -0.25) is 4.79 Å². The molecule has 3 heteroatoms. The van der Waals surface area contributed by atoms with Gasteiger partial charge in [-0.15, -0.1) is 11.6 Å². The molecule has 0 aromatic carbocycles. The Labute approximate surface area is 104 Å². The van der Waals surface area contributed by atoms with Crippen LogP contribution in [-0.2, 0) is 9.53 Å². The van der Waals surface area contributed by atoms with Crippen molar-refractivity contribution < 1.29 is 9.53 Å². The molecule has 1 rings (SSSR count). The second-order valence-corrected chi connectivity index (χ2v) is 6.37. The van der Waals surface area contributed by atoms with E-state index in [0.29, 0.717) is 12.3 Å². The van der Waals surface area contributed by atoms with E-state index < -0.39 is 5.38 Å². The molecule has 1 saturated carbocycles. The number of alkyl halides is 1. The van der Waals surface area contributed by atoms with Gasteiger partial charge in [0.25, 0.3) is 0 Å². The van der Waals surface area contributed by atoms with E-state index in [9.17, 15) is 4.79 Å². The lowest BCUT2D eigenvalue weighted by molar-refractivity contribution is -0.153. The maximum atomic E-state index is 11.6. The van der Waals surface area contributed by atoms with Crippen LogP contribution in [0.3, 0.4) is 0 Å². The smallest absolute Gasteiger partial charge is 0.324 e. The van der Waals surface area contributed by atoms with Gasteiger partial charge < -0.3 is 4.74 Å². The molecule has 0 spiro atoms. The summed E-state index contributed by atoms with van der Waals surface area (Å²) < 4.78 is 5.48. The van der Waals surface area contributed by atoms with Crippen molar-refractivity contribution in [1.29, 1.82) is 0 Å². The number of carbonyl (C=O) groups is 1. The van der Waals surface area contributed by atoms with Crippen molar-refractivity contribution in [3.05, 3.63) is 0 Å².